The Balaban J connectivity index is 2.91. The maximum Gasteiger partial charge on any atom is 0.321 e. The van der Waals surface area contributed by atoms with Crippen LogP contribution in [0, 0.1) is 11.8 Å². The zero-order chi connectivity index (χ0) is 8.43. The van der Waals surface area contributed by atoms with Gasteiger partial charge in [-0.1, -0.05) is 12.2 Å². The Hall–Kier alpha value is -1.38. The number of cyclic esters (lactones) is 2. The van der Waals surface area contributed by atoms with E-state index in [1.807, 2.05) is 0 Å². The summed E-state index contributed by atoms with van der Waals surface area (Å²) in [4.78, 5) is 21.6. The molecule has 0 amide bonds. The molecule has 3 heteroatoms. The lowest BCUT2D eigenvalue weighted by molar-refractivity contribution is -0.153. The van der Waals surface area contributed by atoms with Gasteiger partial charge in [-0.25, -0.2) is 0 Å². The van der Waals surface area contributed by atoms with Crippen LogP contribution >= 0.6 is 0 Å². The first-order valence-corrected chi connectivity index (χ1v) is 3.21. The molecular formula is C8H8O3. The molecule has 1 rings (SSSR count). The van der Waals surface area contributed by atoms with Gasteiger partial charge in [0.1, 0.15) is 0 Å². The Labute approximate surface area is 64.3 Å². The fourth-order valence-electron chi connectivity index (χ4n) is 1.01. The molecule has 2 atom stereocenters. The van der Waals surface area contributed by atoms with Gasteiger partial charge < -0.3 is 4.74 Å². The minimum absolute atomic E-state index is 0.532. The predicted octanol–water partition coefficient (Wildman–Crippen LogP) is 0.674. The molecule has 0 aromatic carbocycles. The molecule has 0 bridgehead atoms. The van der Waals surface area contributed by atoms with Gasteiger partial charge in [0, 0.05) is 0 Å². The lowest BCUT2D eigenvalue weighted by Crippen LogP contribution is -2.12. The van der Waals surface area contributed by atoms with Crippen molar-refractivity contribution in [3.05, 3.63) is 25.3 Å². The van der Waals surface area contributed by atoms with Crippen molar-refractivity contribution >= 4 is 11.9 Å². The Bertz CT molecular complexity index is 205. The maximum atomic E-state index is 10.8. The van der Waals surface area contributed by atoms with E-state index in [0.717, 1.165) is 0 Å². The summed E-state index contributed by atoms with van der Waals surface area (Å²) in [5, 5.41) is 0. The fourth-order valence-corrected chi connectivity index (χ4v) is 1.01. The van der Waals surface area contributed by atoms with Crippen LogP contribution in [-0.2, 0) is 14.3 Å². The highest BCUT2D eigenvalue weighted by atomic mass is 16.6. The van der Waals surface area contributed by atoms with E-state index in [2.05, 4.69) is 17.9 Å². The van der Waals surface area contributed by atoms with Gasteiger partial charge >= 0.3 is 11.9 Å². The maximum absolute atomic E-state index is 10.8. The predicted molar refractivity (Wildman–Crippen MR) is 38.5 cm³/mol. The summed E-state index contributed by atoms with van der Waals surface area (Å²) in [7, 11) is 0. The Morgan fingerprint density at radius 2 is 1.45 bits per heavy atom. The molecule has 0 radical (unpaired) electrons. The first-order valence-electron chi connectivity index (χ1n) is 3.21. The molecule has 1 heterocycles. The van der Waals surface area contributed by atoms with Crippen LogP contribution in [0.2, 0.25) is 0 Å². The van der Waals surface area contributed by atoms with Gasteiger partial charge in [-0.15, -0.1) is 13.2 Å². The van der Waals surface area contributed by atoms with Crippen molar-refractivity contribution in [3.63, 3.8) is 0 Å². The Kier molecular flexibility index (Phi) is 1.89. The molecule has 2 unspecified atom stereocenters. The van der Waals surface area contributed by atoms with E-state index >= 15 is 0 Å². The van der Waals surface area contributed by atoms with E-state index in [1.165, 1.54) is 12.2 Å². The number of hydrogen-bond donors (Lipinski definition) is 0. The van der Waals surface area contributed by atoms with Crippen LogP contribution in [-0.4, -0.2) is 11.9 Å². The highest BCUT2D eigenvalue weighted by Gasteiger charge is 2.40. The topological polar surface area (TPSA) is 43.4 Å². The van der Waals surface area contributed by atoms with Crippen molar-refractivity contribution in [3.8, 4) is 0 Å². The summed E-state index contributed by atoms with van der Waals surface area (Å²) >= 11 is 0. The zero-order valence-electron chi connectivity index (χ0n) is 5.95. The lowest BCUT2D eigenvalue weighted by atomic mass is 9.95. The number of carbonyl (C=O) groups excluding carboxylic acids is 2. The quantitative estimate of drug-likeness (QED) is 0.332. The monoisotopic (exact) mass is 152 g/mol. The molecule has 0 saturated carbocycles. The second-order valence-corrected chi connectivity index (χ2v) is 2.26. The summed E-state index contributed by atoms with van der Waals surface area (Å²) in [6, 6.07) is 0. The van der Waals surface area contributed by atoms with Crippen LogP contribution in [0.15, 0.2) is 25.3 Å². The van der Waals surface area contributed by atoms with E-state index in [1.54, 1.807) is 0 Å². The third-order valence-electron chi connectivity index (χ3n) is 1.64. The molecule has 58 valence electrons. The number of esters is 2. The molecular weight excluding hydrogens is 144 g/mol. The van der Waals surface area contributed by atoms with Crippen molar-refractivity contribution in [1.29, 1.82) is 0 Å². The van der Waals surface area contributed by atoms with Crippen molar-refractivity contribution in [1.82, 2.24) is 0 Å². The van der Waals surface area contributed by atoms with Crippen LogP contribution in [0.5, 0.6) is 0 Å². The average molecular weight is 152 g/mol. The Morgan fingerprint density at radius 1 is 1.09 bits per heavy atom. The van der Waals surface area contributed by atoms with Crippen molar-refractivity contribution in [2.45, 2.75) is 0 Å². The molecule has 0 spiro atoms. The summed E-state index contributed by atoms with van der Waals surface area (Å²) < 4.78 is 4.35. The van der Waals surface area contributed by atoms with Gasteiger partial charge in [0.25, 0.3) is 0 Å². The first kappa shape index (κ1) is 7.72. The Morgan fingerprint density at radius 3 is 1.73 bits per heavy atom. The van der Waals surface area contributed by atoms with Crippen LogP contribution in [0.1, 0.15) is 0 Å². The smallest absolute Gasteiger partial charge is 0.321 e. The summed E-state index contributed by atoms with van der Waals surface area (Å²) in [6.45, 7) is 6.85. The number of rotatable bonds is 2. The molecule has 1 saturated heterocycles. The lowest BCUT2D eigenvalue weighted by Gasteiger charge is -2.00. The number of hydrogen-bond acceptors (Lipinski definition) is 3. The molecule has 0 N–H and O–H groups in total. The van der Waals surface area contributed by atoms with Crippen molar-refractivity contribution in [2.24, 2.45) is 11.8 Å². The number of carbonyl (C=O) groups is 2. The van der Waals surface area contributed by atoms with E-state index < -0.39 is 23.8 Å². The zero-order valence-corrected chi connectivity index (χ0v) is 5.95. The minimum Gasteiger partial charge on any atom is -0.392 e. The largest absolute Gasteiger partial charge is 0.392 e. The first-order chi connectivity index (χ1) is 5.20. The van der Waals surface area contributed by atoms with E-state index in [9.17, 15) is 9.59 Å². The standard InChI is InChI=1S/C8H8O3/c1-3-5-6(4-2)8(10)11-7(5)9/h3-6H,1-2H2. The molecule has 11 heavy (non-hydrogen) atoms. The molecule has 1 aliphatic rings. The second-order valence-electron chi connectivity index (χ2n) is 2.26. The van der Waals surface area contributed by atoms with Crippen molar-refractivity contribution < 1.29 is 14.3 Å². The van der Waals surface area contributed by atoms with Gasteiger partial charge in [0.05, 0.1) is 11.8 Å². The van der Waals surface area contributed by atoms with Crippen LogP contribution in [0.3, 0.4) is 0 Å². The summed E-state index contributed by atoms with van der Waals surface area (Å²) in [5.74, 6) is -2.15. The van der Waals surface area contributed by atoms with E-state index in [4.69, 9.17) is 0 Å². The molecule has 0 aromatic rings. The molecule has 1 fully saturated rings. The second kappa shape index (κ2) is 2.70. The van der Waals surface area contributed by atoms with Crippen LogP contribution in [0.4, 0.5) is 0 Å². The minimum atomic E-state index is -0.542. The van der Waals surface area contributed by atoms with E-state index in [-0.39, 0.29) is 0 Å². The summed E-state index contributed by atoms with van der Waals surface area (Å²) in [5.41, 5.74) is 0. The highest BCUT2D eigenvalue weighted by Crippen LogP contribution is 2.24. The van der Waals surface area contributed by atoms with Gasteiger partial charge in [0.15, 0.2) is 0 Å². The summed E-state index contributed by atoms with van der Waals surface area (Å²) in [6.07, 6.45) is 2.80. The van der Waals surface area contributed by atoms with Crippen molar-refractivity contribution in [2.75, 3.05) is 0 Å². The van der Waals surface area contributed by atoms with Gasteiger partial charge in [-0.3, -0.25) is 9.59 Å². The van der Waals surface area contributed by atoms with Gasteiger partial charge in [-0.2, -0.15) is 0 Å². The SMILES string of the molecule is C=CC1C(=O)OC(=O)C1C=C. The highest BCUT2D eigenvalue weighted by molar-refractivity contribution is 5.98. The van der Waals surface area contributed by atoms with Crippen LogP contribution in [0.25, 0.3) is 0 Å². The fraction of sp³-hybridized carbons (Fsp3) is 0.250. The average Bonchev–Trinajstić information content (AvgIpc) is 2.24. The van der Waals surface area contributed by atoms with Gasteiger partial charge in [0.2, 0.25) is 0 Å². The normalized spacial score (nSPS) is 29.8. The van der Waals surface area contributed by atoms with Crippen LogP contribution < -0.4 is 0 Å². The van der Waals surface area contributed by atoms with Gasteiger partial charge in [-0.05, 0) is 0 Å². The third kappa shape index (κ3) is 1.09. The third-order valence-corrected chi connectivity index (χ3v) is 1.64. The molecule has 0 aromatic heterocycles. The molecule has 0 aliphatic carbocycles. The molecule has 1 aliphatic heterocycles. The van der Waals surface area contributed by atoms with E-state index in [0.29, 0.717) is 0 Å². The number of ether oxygens (including phenoxy) is 1. The molecule has 3 nitrogen and oxygen atoms in total.